The number of nitrogens with one attached hydrogen (secondary N) is 1. The van der Waals surface area contributed by atoms with Gasteiger partial charge in [0, 0.05) is 37.5 Å². The lowest BCUT2D eigenvalue weighted by atomic mass is 9.71. The van der Waals surface area contributed by atoms with Crippen LogP contribution in [0, 0.1) is 17.3 Å². The highest BCUT2D eigenvalue weighted by atomic mass is 16.4. The molecule has 0 aliphatic carbocycles. The second-order valence-electron chi connectivity index (χ2n) is 13.9. The molecule has 1 heterocycles. The van der Waals surface area contributed by atoms with Crippen LogP contribution in [0.15, 0.2) is 30.3 Å². The molecule has 0 spiro atoms. The van der Waals surface area contributed by atoms with Crippen LogP contribution in [0.3, 0.4) is 0 Å². The maximum Gasteiger partial charge on any atom is 0.326 e. The monoisotopic (exact) mass is 586 g/mol. The zero-order chi connectivity index (χ0) is 32.0. The highest BCUT2D eigenvalue weighted by molar-refractivity contribution is 5.90. The predicted octanol–water partition coefficient (Wildman–Crippen LogP) is 4.01. The average Bonchev–Trinajstić information content (AvgIpc) is 3.40. The van der Waals surface area contributed by atoms with E-state index in [0.29, 0.717) is 32.4 Å². The fourth-order valence-electron chi connectivity index (χ4n) is 6.16. The summed E-state index contributed by atoms with van der Waals surface area (Å²) in [7, 11) is 3.58. The maximum atomic E-state index is 14.1. The molecule has 2 N–H and O–H groups in total. The number of amides is 3. The van der Waals surface area contributed by atoms with Gasteiger partial charge in [-0.05, 0) is 43.2 Å². The maximum absolute atomic E-state index is 14.1. The lowest BCUT2D eigenvalue weighted by molar-refractivity contribution is -0.148. The van der Waals surface area contributed by atoms with Crippen molar-refractivity contribution in [3.05, 3.63) is 35.9 Å². The van der Waals surface area contributed by atoms with E-state index < -0.39 is 28.9 Å². The Labute approximate surface area is 253 Å². The Morgan fingerprint density at radius 3 is 2.14 bits per heavy atom. The molecule has 1 aromatic carbocycles. The quantitative estimate of drug-likeness (QED) is 0.362. The zero-order valence-corrected chi connectivity index (χ0v) is 27.4. The van der Waals surface area contributed by atoms with Gasteiger partial charge in [-0.1, -0.05) is 85.7 Å². The van der Waals surface area contributed by atoms with Gasteiger partial charge in [0.2, 0.25) is 17.7 Å². The number of carboxylic acid groups (broad SMARTS) is 1. The number of likely N-dealkylation sites (N-methyl/N-ethyl adjacent to an activating group) is 2. The Balaban J connectivity index is 2.20. The Morgan fingerprint density at radius 1 is 1.05 bits per heavy atom. The van der Waals surface area contributed by atoms with Gasteiger partial charge in [-0.25, -0.2) is 4.79 Å². The first-order valence-electron chi connectivity index (χ1n) is 15.3. The summed E-state index contributed by atoms with van der Waals surface area (Å²) in [5, 5.41) is 12.6. The molecule has 2 rings (SSSR count). The van der Waals surface area contributed by atoms with Crippen LogP contribution in [0.2, 0.25) is 0 Å². The van der Waals surface area contributed by atoms with E-state index in [1.807, 2.05) is 83.8 Å². The van der Waals surface area contributed by atoms with E-state index in [4.69, 9.17) is 0 Å². The van der Waals surface area contributed by atoms with E-state index >= 15 is 0 Å². The second kappa shape index (κ2) is 14.5. The van der Waals surface area contributed by atoms with Gasteiger partial charge in [-0.2, -0.15) is 0 Å². The molecule has 0 radical (unpaired) electrons. The van der Waals surface area contributed by atoms with Crippen molar-refractivity contribution < 1.29 is 24.3 Å². The molecule has 236 valence electrons. The molecule has 0 bridgehead atoms. The largest absolute Gasteiger partial charge is 0.480 e. The fourth-order valence-corrected chi connectivity index (χ4v) is 6.16. The van der Waals surface area contributed by atoms with E-state index in [9.17, 15) is 24.3 Å². The number of likely N-dealkylation sites (tertiary alicyclic amines) is 1. The molecule has 42 heavy (non-hydrogen) atoms. The highest BCUT2D eigenvalue weighted by Crippen LogP contribution is 2.35. The van der Waals surface area contributed by atoms with Crippen molar-refractivity contribution in [1.82, 2.24) is 20.0 Å². The van der Waals surface area contributed by atoms with Crippen LogP contribution in [-0.4, -0.2) is 95.4 Å². The zero-order valence-electron chi connectivity index (χ0n) is 27.4. The number of nitrogens with zero attached hydrogens (tertiary/aromatic N) is 3. The summed E-state index contributed by atoms with van der Waals surface area (Å²) in [6, 6.07) is 8.24. The molecule has 9 heteroatoms. The molecule has 4 atom stereocenters. The average molecular weight is 587 g/mol. The Bertz CT molecular complexity index is 1080. The lowest BCUT2D eigenvalue weighted by Gasteiger charge is -2.41. The smallest absolute Gasteiger partial charge is 0.326 e. The van der Waals surface area contributed by atoms with Crippen LogP contribution in [0.4, 0.5) is 0 Å². The van der Waals surface area contributed by atoms with Gasteiger partial charge >= 0.3 is 5.97 Å². The van der Waals surface area contributed by atoms with Gasteiger partial charge in [-0.3, -0.25) is 19.3 Å². The normalized spacial score (nSPS) is 18.1. The third kappa shape index (κ3) is 8.55. The minimum atomic E-state index is -0.971. The summed E-state index contributed by atoms with van der Waals surface area (Å²) >= 11 is 0. The van der Waals surface area contributed by atoms with Crippen molar-refractivity contribution in [2.24, 2.45) is 17.3 Å². The van der Waals surface area contributed by atoms with E-state index in [-0.39, 0.29) is 42.1 Å². The van der Waals surface area contributed by atoms with Crippen LogP contribution >= 0.6 is 0 Å². The number of carbonyl (C=O) groups is 4. The number of carbonyl (C=O) groups excluding carboxylic acids is 3. The van der Waals surface area contributed by atoms with Crippen LogP contribution in [0.25, 0.3) is 0 Å². The third-order valence-electron chi connectivity index (χ3n) is 8.89. The predicted molar refractivity (Wildman–Crippen MR) is 166 cm³/mol. The number of rotatable bonds is 13. The van der Waals surface area contributed by atoms with E-state index in [0.717, 1.165) is 5.56 Å². The van der Waals surface area contributed by atoms with Crippen molar-refractivity contribution in [3.63, 3.8) is 0 Å². The van der Waals surface area contributed by atoms with Crippen molar-refractivity contribution in [2.45, 2.75) is 98.2 Å². The SMILES string of the molecule is CCC(C(=O)N[C@H](C(=O)N(C)[C@H](CN(C)CC(=O)N1CCC[C@H]1C(=O)O)C(C)C)C(C)(C)C)C(C)(C)c1ccccc1. The molecule has 1 fully saturated rings. The topological polar surface area (TPSA) is 110 Å². The minimum Gasteiger partial charge on any atom is -0.480 e. The summed E-state index contributed by atoms with van der Waals surface area (Å²) in [4.78, 5) is 57.4. The molecule has 1 aliphatic heterocycles. The van der Waals surface area contributed by atoms with E-state index in [2.05, 4.69) is 19.2 Å². The Hall–Kier alpha value is -2.94. The van der Waals surface area contributed by atoms with Gasteiger partial charge in [0.15, 0.2) is 0 Å². The Kier molecular flexibility index (Phi) is 12.2. The molecular weight excluding hydrogens is 532 g/mol. The van der Waals surface area contributed by atoms with Gasteiger partial charge < -0.3 is 20.2 Å². The van der Waals surface area contributed by atoms with E-state index in [1.54, 1.807) is 11.9 Å². The van der Waals surface area contributed by atoms with Crippen LogP contribution in [0.1, 0.15) is 80.2 Å². The van der Waals surface area contributed by atoms with Crippen molar-refractivity contribution in [2.75, 3.05) is 33.7 Å². The molecule has 1 saturated heterocycles. The van der Waals surface area contributed by atoms with Gasteiger partial charge in [0.25, 0.3) is 0 Å². The van der Waals surface area contributed by atoms with Crippen molar-refractivity contribution >= 4 is 23.7 Å². The number of aliphatic carboxylic acids is 1. The minimum absolute atomic E-state index is 0.0706. The van der Waals surface area contributed by atoms with Crippen LogP contribution < -0.4 is 5.32 Å². The number of benzene rings is 1. The van der Waals surface area contributed by atoms with Gasteiger partial charge in [-0.15, -0.1) is 0 Å². The molecule has 1 unspecified atom stereocenters. The standard InChI is InChI=1S/C33H54N4O5/c1-11-24(33(7,8)23-16-13-12-14-17-23)29(39)34-28(32(4,5)6)30(40)36(10)26(22(2)3)20-35(9)21-27(38)37-19-15-18-25(37)31(41)42/h12-14,16-17,22,24-26,28H,11,15,18-21H2,1-10H3,(H,34,39)(H,41,42)/t24?,25-,26+,28+/m0/s1. The van der Waals surface area contributed by atoms with Crippen LogP contribution in [-0.2, 0) is 24.6 Å². The van der Waals surface area contributed by atoms with Crippen LogP contribution in [0.5, 0.6) is 0 Å². The highest BCUT2D eigenvalue weighted by Gasteiger charge is 2.42. The molecular formula is C33H54N4O5. The fraction of sp³-hybridized carbons (Fsp3) is 0.697. The number of carboxylic acids is 1. The number of hydrogen-bond donors (Lipinski definition) is 2. The second-order valence-corrected chi connectivity index (χ2v) is 13.9. The summed E-state index contributed by atoms with van der Waals surface area (Å²) in [6.45, 7) is 17.0. The third-order valence-corrected chi connectivity index (χ3v) is 8.89. The van der Waals surface area contributed by atoms with Gasteiger partial charge in [0.05, 0.1) is 6.54 Å². The van der Waals surface area contributed by atoms with Crippen molar-refractivity contribution in [1.29, 1.82) is 0 Å². The first kappa shape index (κ1) is 35.3. The first-order valence-corrected chi connectivity index (χ1v) is 15.3. The van der Waals surface area contributed by atoms with E-state index in [1.165, 1.54) is 4.90 Å². The first-order chi connectivity index (χ1) is 19.4. The molecule has 0 saturated carbocycles. The number of hydrogen-bond acceptors (Lipinski definition) is 5. The summed E-state index contributed by atoms with van der Waals surface area (Å²) in [5.74, 6) is -1.76. The molecule has 9 nitrogen and oxygen atoms in total. The summed E-state index contributed by atoms with van der Waals surface area (Å²) < 4.78 is 0. The Morgan fingerprint density at radius 2 is 1.64 bits per heavy atom. The van der Waals surface area contributed by atoms with Gasteiger partial charge in [0.1, 0.15) is 12.1 Å². The molecule has 1 aromatic rings. The molecule has 0 aromatic heterocycles. The lowest BCUT2D eigenvalue weighted by Crippen LogP contribution is -2.59. The van der Waals surface area contributed by atoms with Crippen molar-refractivity contribution in [3.8, 4) is 0 Å². The molecule has 1 aliphatic rings. The summed E-state index contributed by atoms with van der Waals surface area (Å²) in [5.41, 5.74) is 0.104. The molecule has 3 amide bonds. The summed E-state index contributed by atoms with van der Waals surface area (Å²) in [6.07, 6.45) is 1.78.